The van der Waals surface area contributed by atoms with E-state index >= 15 is 0 Å². The Hall–Kier alpha value is -2.68. The van der Waals surface area contributed by atoms with Crippen LogP contribution >= 0.6 is 0 Å². The first kappa shape index (κ1) is 18.7. The van der Waals surface area contributed by atoms with E-state index in [1.54, 1.807) is 32.2 Å². The van der Waals surface area contributed by atoms with E-state index in [4.69, 9.17) is 4.74 Å². The number of benzene rings is 1. The number of esters is 1. The van der Waals surface area contributed by atoms with Gasteiger partial charge in [-0.25, -0.2) is 13.2 Å². The molecule has 0 atom stereocenters. The van der Waals surface area contributed by atoms with Crippen molar-refractivity contribution in [2.45, 2.75) is 18.2 Å². The second-order valence-electron chi connectivity index (χ2n) is 5.36. The summed E-state index contributed by atoms with van der Waals surface area (Å²) < 4.78 is 29.9. The Kier molecular flexibility index (Phi) is 5.58. The minimum atomic E-state index is -3.45. The molecule has 9 heteroatoms. The number of nitrogens with zero attached hydrogens (tertiary/aromatic N) is 2. The van der Waals surface area contributed by atoms with Gasteiger partial charge in [0.05, 0.1) is 24.1 Å². The number of rotatable bonds is 6. The summed E-state index contributed by atoms with van der Waals surface area (Å²) >= 11 is 0. The number of hydrogen-bond donors (Lipinski definition) is 1. The molecule has 0 saturated carbocycles. The standard InChI is InChI=1S/C16H19N3O5S/c1-4-24-16(21)12-10-17-19(2)15(12)18-14(20)9-11-7-5-6-8-13(11)25(3,22)23/h5-8,10H,4,9H2,1-3H3,(H,18,20). The molecule has 25 heavy (non-hydrogen) atoms. The first-order valence-electron chi connectivity index (χ1n) is 7.51. The van der Waals surface area contributed by atoms with Gasteiger partial charge >= 0.3 is 5.97 Å². The quantitative estimate of drug-likeness (QED) is 0.770. The Morgan fingerprint density at radius 3 is 2.60 bits per heavy atom. The first-order valence-corrected chi connectivity index (χ1v) is 9.40. The van der Waals surface area contributed by atoms with Gasteiger partial charge in [-0.3, -0.25) is 9.48 Å². The van der Waals surface area contributed by atoms with Gasteiger partial charge in [-0.1, -0.05) is 18.2 Å². The fourth-order valence-electron chi connectivity index (χ4n) is 2.30. The van der Waals surface area contributed by atoms with Crippen molar-refractivity contribution in [2.75, 3.05) is 18.2 Å². The number of carbonyl (C=O) groups is 2. The number of carbonyl (C=O) groups excluding carboxylic acids is 2. The van der Waals surface area contributed by atoms with E-state index in [-0.39, 0.29) is 29.3 Å². The van der Waals surface area contributed by atoms with Crippen molar-refractivity contribution in [2.24, 2.45) is 7.05 Å². The van der Waals surface area contributed by atoms with Gasteiger partial charge in [-0.05, 0) is 18.6 Å². The van der Waals surface area contributed by atoms with E-state index in [1.165, 1.54) is 16.9 Å². The zero-order chi connectivity index (χ0) is 18.6. The van der Waals surface area contributed by atoms with E-state index in [2.05, 4.69) is 10.4 Å². The fraction of sp³-hybridized carbons (Fsp3) is 0.312. The number of nitrogens with one attached hydrogen (secondary N) is 1. The Labute approximate surface area is 145 Å². The largest absolute Gasteiger partial charge is 0.462 e. The van der Waals surface area contributed by atoms with Gasteiger partial charge in [-0.2, -0.15) is 5.10 Å². The molecule has 1 N–H and O–H groups in total. The normalized spacial score (nSPS) is 11.2. The first-order chi connectivity index (χ1) is 11.7. The molecule has 0 aliphatic rings. The molecule has 0 bridgehead atoms. The molecule has 0 radical (unpaired) electrons. The molecule has 0 unspecified atom stereocenters. The number of aromatic nitrogens is 2. The number of ether oxygens (including phenoxy) is 1. The Morgan fingerprint density at radius 1 is 1.28 bits per heavy atom. The van der Waals surface area contributed by atoms with E-state index in [9.17, 15) is 18.0 Å². The maximum atomic E-state index is 12.3. The van der Waals surface area contributed by atoms with Crippen LogP contribution in [0.15, 0.2) is 35.4 Å². The van der Waals surface area contributed by atoms with Crippen LogP contribution in [0.2, 0.25) is 0 Å². The van der Waals surface area contributed by atoms with Gasteiger partial charge in [-0.15, -0.1) is 0 Å². The van der Waals surface area contributed by atoms with E-state index < -0.39 is 21.7 Å². The SMILES string of the molecule is CCOC(=O)c1cnn(C)c1NC(=O)Cc1ccccc1S(C)(=O)=O. The highest BCUT2D eigenvalue weighted by atomic mass is 32.2. The molecule has 8 nitrogen and oxygen atoms in total. The lowest BCUT2D eigenvalue weighted by Crippen LogP contribution is -2.20. The van der Waals surface area contributed by atoms with Gasteiger partial charge in [0.15, 0.2) is 9.84 Å². The van der Waals surface area contributed by atoms with Crippen molar-refractivity contribution >= 4 is 27.5 Å². The van der Waals surface area contributed by atoms with Crippen LogP contribution in [0.4, 0.5) is 5.82 Å². The molecule has 1 aromatic carbocycles. The Balaban J connectivity index is 2.23. The molecule has 0 aliphatic heterocycles. The number of anilines is 1. The highest BCUT2D eigenvalue weighted by Crippen LogP contribution is 2.19. The molecule has 1 heterocycles. The number of sulfone groups is 1. The molecule has 0 spiro atoms. The second-order valence-corrected chi connectivity index (χ2v) is 7.34. The molecule has 2 rings (SSSR count). The van der Waals surface area contributed by atoms with Crippen LogP contribution < -0.4 is 5.32 Å². The molecule has 0 saturated heterocycles. The fourth-order valence-corrected chi connectivity index (χ4v) is 3.25. The van der Waals surface area contributed by atoms with E-state index in [1.807, 2.05) is 0 Å². The third-order valence-electron chi connectivity index (χ3n) is 3.42. The summed E-state index contributed by atoms with van der Waals surface area (Å²) in [5, 5.41) is 6.53. The van der Waals surface area contributed by atoms with Crippen molar-refractivity contribution in [1.29, 1.82) is 0 Å². The van der Waals surface area contributed by atoms with Crippen molar-refractivity contribution < 1.29 is 22.7 Å². The summed E-state index contributed by atoms with van der Waals surface area (Å²) in [4.78, 5) is 24.3. The summed E-state index contributed by atoms with van der Waals surface area (Å²) in [5.74, 6) is -0.868. The van der Waals surface area contributed by atoms with Crippen molar-refractivity contribution in [3.05, 3.63) is 41.6 Å². The van der Waals surface area contributed by atoms with Crippen molar-refractivity contribution in [3.63, 3.8) is 0 Å². The van der Waals surface area contributed by atoms with Crippen LogP contribution in [0.3, 0.4) is 0 Å². The minimum Gasteiger partial charge on any atom is -0.462 e. The Bertz CT molecular complexity index is 902. The van der Waals surface area contributed by atoms with Crippen LogP contribution in [-0.2, 0) is 32.8 Å². The van der Waals surface area contributed by atoms with Crippen LogP contribution in [0.25, 0.3) is 0 Å². The third-order valence-corrected chi connectivity index (χ3v) is 4.61. The van der Waals surface area contributed by atoms with Crippen LogP contribution in [0, 0.1) is 0 Å². The number of aryl methyl sites for hydroxylation is 1. The summed E-state index contributed by atoms with van der Waals surface area (Å²) in [6.07, 6.45) is 2.23. The predicted molar refractivity (Wildman–Crippen MR) is 91.1 cm³/mol. The van der Waals surface area contributed by atoms with Crippen molar-refractivity contribution in [3.8, 4) is 0 Å². The van der Waals surface area contributed by atoms with Gasteiger partial charge in [0.2, 0.25) is 5.91 Å². The highest BCUT2D eigenvalue weighted by molar-refractivity contribution is 7.90. The van der Waals surface area contributed by atoms with E-state index in [0.29, 0.717) is 5.56 Å². The summed E-state index contributed by atoms with van der Waals surface area (Å²) in [6.45, 7) is 1.87. The molecule has 2 aromatic rings. The third kappa shape index (κ3) is 4.44. The Morgan fingerprint density at radius 2 is 1.96 bits per heavy atom. The predicted octanol–water partition coefficient (Wildman–Crippen LogP) is 1.18. The van der Waals surface area contributed by atoms with Crippen molar-refractivity contribution in [1.82, 2.24) is 9.78 Å². The molecule has 1 aromatic heterocycles. The molecule has 134 valence electrons. The van der Waals surface area contributed by atoms with Gasteiger partial charge in [0, 0.05) is 13.3 Å². The smallest absolute Gasteiger partial charge is 0.343 e. The monoisotopic (exact) mass is 365 g/mol. The lowest BCUT2D eigenvalue weighted by molar-refractivity contribution is -0.115. The van der Waals surface area contributed by atoms with Crippen LogP contribution in [0.1, 0.15) is 22.8 Å². The summed E-state index contributed by atoms with van der Waals surface area (Å²) in [5.41, 5.74) is 0.511. The molecule has 0 aliphatic carbocycles. The van der Waals surface area contributed by atoms with E-state index in [0.717, 1.165) is 6.26 Å². The molecular weight excluding hydrogens is 346 g/mol. The van der Waals surface area contributed by atoms with Gasteiger partial charge in [0.25, 0.3) is 0 Å². The second kappa shape index (κ2) is 7.47. The van der Waals surface area contributed by atoms with Gasteiger partial charge < -0.3 is 10.1 Å². The van der Waals surface area contributed by atoms with Crippen LogP contribution in [-0.4, -0.2) is 42.9 Å². The average molecular weight is 365 g/mol. The molecular formula is C16H19N3O5S. The summed E-state index contributed by atoms with van der Waals surface area (Å²) in [7, 11) is -1.88. The number of amides is 1. The maximum absolute atomic E-state index is 12.3. The number of hydrogen-bond acceptors (Lipinski definition) is 6. The highest BCUT2D eigenvalue weighted by Gasteiger charge is 2.20. The zero-order valence-corrected chi connectivity index (χ0v) is 15.0. The lowest BCUT2D eigenvalue weighted by atomic mass is 10.1. The summed E-state index contributed by atoms with van der Waals surface area (Å²) in [6, 6.07) is 6.28. The maximum Gasteiger partial charge on any atom is 0.343 e. The molecule has 0 fully saturated rings. The molecule has 1 amide bonds. The topological polar surface area (TPSA) is 107 Å². The zero-order valence-electron chi connectivity index (χ0n) is 14.1. The lowest BCUT2D eigenvalue weighted by Gasteiger charge is -2.10. The average Bonchev–Trinajstić information content (AvgIpc) is 2.88. The van der Waals surface area contributed by atoms with Gasteiger partial charge in [0.1, 0.15) is 11.4 Å². The minimum absolute atomic E-state index is 0.0979. The van der Waals surface area contributed by atoms with Crippen LogP contribution in [0.5, 0.6) is 0 Å².